The van der Waals surface area contributed by atoms with E-state index in [2.05, 4.69) is 44.3 Å². The van der Waals surface area contributed by atoms with Gasteiger partial charge in [-0.25, -0.2) is 0 Å². The Hall–Kier alpha value is -1.96. The normalized spacial score (nSPS) is 17.3. The smallest absolute Gasteiger partial charge is 0.142 e. The summed E-state index contributed by atoms with van der Waals surface area (Å²) in [6, 6.07) is 12.8. The number of hydrogen-bond acceptors (Lipinski definition) is 2. The van der Waals surface area contributed by atoms with Gasteiger partial charge in [-0.1, -0.05) is 29.8 Å². The number of benzene rings is 2. The molecule has 98 valence electrons. The molecule has 0 saturated heterocycles. The second-order valence-electron chi connectivity index (χ2n) is 5.32. The molecule has 0 radical (unpaired) electrons. The lowest BCUT2D eigenvalue weighted by Crippen LogP contribution is -2.25. The Morgan fingerprint density at radius 1 is 1.05 bits per heavy atom. The van der Waals surface area contributed by atoms with Crippen LogP contribution < -0.4 is 10.1 Å². The molecule has 2 aromatic rings. The first-order valence-electron chi connectivity index (χ1n) is 6.71. The zero-order valence-corrected chi connectivity index (χ0v) is 11.7. The average Bonchev–Trinajstić information content (AvgIpc) is 2.37. The Labute approximate surface area is 114 Å². The summed E-state index contributed by atoms with van der Waals surface area (Å²) in [5.74, 6) is 0.946. The fourth-order valence-electron chi connectivity index (χ4n) is 3.01. The highest BCUT2D eigenvalue weighted by Gasteiger charge is 2.22. The molecule has 1 heterocycles. The van der Waals surface area contributed by atoms with Crippen LogP contribution in [0.4, 0.5) is 5.69 Å². The van der Waals surface area contributed by atoms with E-state index in [0.717, 1.165) is 11.4 Å². The largest absolute Gasteiger partial charge is 0.489 e. The van der Waals surface area contributed by atoms with Crippen molar-refractivity contribution in [3.63, 3.8) is 0 Å². The van der Waals surface area contributed by atoms with Crippen molar-refractivity contribution in [2.24, 2.45) is 0 Å². The maximum absolute atomic E-state index is 5.87. The number of hydrogen-bond donors (Lipinski definition) is 1. The Kier molecular flexibility index (Phi) is 2.94. The summed E-state index contributed by atoms with van der Waals surface area (Å²) in [5.41, 5.74) is 6.42. The van der Waals surface area contributed by atoms with E-state index in [-0.39, 0.29) is 6.04 Å². The van der Waals surface area contributed by atoms with Gasteiger partial charge in [-0.05, 0) is 49.6 Å². The van der Waals surface area contributed by atoms with Crippen molar-refractivity contribution in [2.45, 2.75) is 26.8 Å². The van der Waals surface area contributed by atoms with Crippen LogP contribution in [0.3, 0.4) is 0 Å². The van der Waals surface area contributed by atoms with Gasteiger partial charge in [0, 0.05) is 0 Å². The van der Waals surface area contributed by atoms with E-state index in [1.165, 1.54) is 22.3 Å². The summed E-state index contributed by atoms with van der Waals surface area (Å²) >= 11 is 0. The molecule has 1 aliphatic rings. The second-order valence-corrected chi connectivity index (χ2v) is 5.32. The monoisotopic (exact) mass is 253 g/mol. The van der Waals surface area contributed by atoms with Gasteiger partial charge in [0.1, 0.15) is 12.4 Å². The molecule has 2 aromatic carbocycles. The molecule has 0 bridgehead atoms. The van der Waals surface area contributed by atoms with E-state index >= 15 is 0 Å². The molecule has 0 amide bonds. The molecule has 1 unspecified atom stereocenters. The highest BCUT2D eigenvalue weighted by Crippen LogP contribution is 2.35. The first-order chi connectivity index (χ1) is 9.15. The van der Waals surface area contributed by atoms with Crippen molar-refractivity contribution < 1.29 is 4.74 Å². The predicted molar refractivity (Wildman–Crippen MR) is 79.0 cm³/mol. The summed E-state index contributed by atoms with van der Waals surface area (Å²) in [7, 11) is 0. The molecule has 2 nitrogen and oxygen atoms in total. The number of aryl methyl sites for hydroxylation is 3. The minimum atomic E-state index is 0.232. The van der Waals surface area contributed by atoms with E-state index in [1.807, 2.05) is 18.2 Å². The lowest BCUT2D eigenvalue weighted by Gasteiger charge is -2.30. The molecule has 0 fully saturated rings. The van der Waals surface area contributed by atoms with Crippen LogP contribution in [-0.4, -0.2) is 6.61 Å². The highest BCUT2D eigenvalue weighted by molar-refractivity contribution is 5.60. The maximum atomic E-state index is 5.87. The SMILES string of the molecule is Cc1cc(C)c(C2COc3ccccc3N2)c(C)c1. The van der Waals surface area contributed by atoms with E-state index in [4.69, 9.17) is 4.74 Å². The van der Waals surface area contributed by atoms with Gasteiger partial charge in [0.2, 0.25) is 0 Å². The number of fused-ring (bicyclic) bond motifs is 1. The lowest BCUT2D eigenvalue weighted by atomic mass is 9.93. The first-order valence-corrected chi connectivity index (χ1v) is 6.71. The van der Waals surface area contributed by atoms with Gasteiger partial charge in [-0.15, -0.1) is 0 Å². The third-order valence-electron chi connectivity index (χ3n) is 3.71. The van der Waals surface area contributed by atoms with Gasteiger partial charge in [0.15, 0.2) is 0 Å². The summed E-state index contributed by atoms with van der Waals surface area (Å²) in [6.07, 6.45) is 0. The van der Waals surface area contributed by atoms with Crippen LogP contribution in [0.15, 0.2) is 36.4 Å². The van der Waals surface area contributed by atoms with Crippen LogP contribution in [0.2, 0.25) is 0 Å². The molecule has 0 saturated carbocycles. The number of para-hydroxylation sites is 2. The van der Waals surface area contributed by atoms with Crippen molar-refractivity contribution in [1.29, 1.82) is 0 Å². The van der Waals surface area contributed by atoms with E-state index in [0.29, 0.717) is 6.61 Å². The highest BCUT2D eigenvalue weighted by atomic mass is 16.5. The third-order valence-corrected chi connectivity index (χ3v) is 3.71. The molecular weight excluding hydrogens is 234 g/mol. The van der Waals surface area contributed by atoms with Gasteiger partial charge in [0.05, 0.1) is 11.7 Å². The standard InChI is InChI=1S/C17H19NO/c1-11-8-12(2)17(13(3)9-11)15-10-19-16-7-5-4-6-14(16)18-15/h4-9,15,18H,10H2,1-3H3. The predicted octanol–water partition coefficient (Wildman–Crippen LogP) is 4.16. The van der Waals surface area contributed by atoms with Gasteiger partial charge in [-0.2, -0.15) is 0 Å². The van der Waals surface area contributed by atoms with Crippen LogP contribution in [0.1, 0.15) is 28.3 Å². The zero-order chi connectivity index (χ0) is 13.4. The molecular formula is C17H19NO. The number of rotatable bonds is 1. The summed E-state index contributed by atoms with van der Waals surface area (Å²) in [5, 5.41) is 3.59. The molecule has 19 heavy (non-hydrogen) atoms. The second kappa shape index (κ2) is 4.61. The van der Waals surface area contributed by atoms with Crippen molar-refractivity contribution in [1.82, 2.24) is 0 Å². The Bertz CT molecular complexity index is 595. The molecule has 0 aliphatic carbocycles. The van der Waals surface area contributed by atoms with Gasteiger partial charge >= 0.3 is 0 Å². The summed E-state index contributed by atoms with van der Waals surface area (Å²) in [6.45, 7) is 7.18. The van der Waals surface area contributed by atoms with Crippen molar-refractivity contribution >= 4 is 5.69 Å². The third kappa shape index (κ3) is 2.19. The molecule has 1 atom stereocenters. The lowest BCUT2D eigenvalue weighted by molar-refractivity contribution is 0.286. The molecule has 1 N–H and O–H groups in total. The van der Waals surface area contributed by atoms with E-state index < -0.39 is 0 Å². The summed E-state index contributed by atoms with van der Waals surface area (Å²) < 4.78 is 5.87. The number of anilines is 1. The molecule has 0 spiro atoms. The molecule has 2 heteroatoms. The topological polar surface area (TPSA) is 21.3 Å². The molecule has 0 aromatic heterocycles. The Balaban J connectivity index is 1.98. The van der Waals surface area contributed by atoms with Crippen LogP contribution in [0.25, 0.3) is 0 Å². The van der Waals surface area contributed by atoms with Crippen molar-refractivity contribution in [3.8, 4) is 5.75 Å². The first kappa shape index (κ1) is 12.1. The Morgan fingerprint density at radius 2 is 1.74 bits per heavy atom. The van der Waals surface area contributed by atoms with E-state index in [1.54, 1.807) is 0 Å². The van der Waals surface area contributed by atoms with Crippen LogP contribution in [0.5, 0.6) is 5.75 Å². The minimum Gasteiger partial charge on any atom is -0.489 e. The fourth-order valence-corrected chi connectivity index (χ4v) is 3.01. The van der Waals surface area contributed by atoms with E-state index in [9.17, 15) is 0 Å². The zero-order valence-electron chi connectivity index (χ0n) is 11.7. The number of ether oxygens (including phenoxy) is 1. The summed E-state index contributed by atoms with van der Waals surface area (Å²) in [4.78, 5) is 0. The van der Waals surface area contributed by atoms with Gasteiger partial charge in [-0.3, -0.25) is 0 Å². The average molecular weight is 253 g/mol. The molecule has 1 aliphatic heterocycles. The van der Waals surface area contributed by atoms with Crippen molar-refractivity contribution in [3.05, 3.63) is 58.7 Å². The van der Waals surface area contributed by atoms with Crippen molar-refractivity contribution in [2.75, 3.05) is 11.9 Å². The fraction of sp³-hybridized carbons (Fsp3) is 0.294. The van der Waals surface area contributed by atoms with Crippen LogP contribution in [0, 0.1) is 20.8 Å². The maximum Gasteiger partial charge on any atom is 0.142 e. The van der Waals surface area contributed by atoms with Crippen LogP contribution >= 0.6 is 0 Å². The van der Waals surface area contributed by atoms with Gasteiger partial charge in [0.25, 0.3) is 0 Å². The minimum absolute atomic E-state index is 0.232. The van der Waals surface area contributed by atoms with Gasteiger partial charge < -0.3 is 10.1 Å². The van der Waals surface area contributed by atoms with Crippen LogP contribution in [-0.2, 0) is 0 Å². The molecule has 3 rings (SSSR count). The Morgan fingerprint density at radius 3 is 2.47 bits per heavy atom. The quantitative estimate of drug-likeness (QED) is 0.824. The number of nitrogens with one attached hydrogen (secondary N) is 1.